The summed E-state index contributed by atoms with van der Waals surface area (Å²) >= 11 is 0. The molecule has 0 saturated heterocycles. The van der Waals surface area contributed by atoms with Crippen LogP contribution < -0.4 is 9.46 Å². The van der Waals surface area contributed by atoms with Crippen molar-refractivity contribution in [1.82, 2.24) is 9.79 Å². The van der Waals surface area contributed by atoms with Crippen LogP contribution in [-0.4, -0.2) is 44.2 Å². The second-order valence-electron chi connectivity index (χ2n) is 5.76. The number of hydrogen-bond donors (Lipinski definition) is 1. The molecule has 0 atom stereocenters. The van der Waals surface area contributed by atoms with Crippen LogP contribution in [0, 0.1) is 0 Å². The molecule has 2 amide bonds. The Bertz CT molecular complexity index is 1080. The smallest absolute Gasteiger partial charge is 0.406 e. The number of alkyl halides is 3. The lowest BCUT2D eigenvalue weighted by Gasteiger charge is -2.13. The Hall–Kier alpha value is -3.45. The fourth-order valence-electron chi connectivity index (χ4n) is 2.44. The quantitative estimate of drug-likeness (QED) is 0.673. The van der Waals surface area contributed by atoms with Crippen LogP contribution in [0.15, 0.2) is 53.4 Å². The Kier molecular flexibility index (Phi) is 5.50. The molecular weight excluding hydrogens is 433 g/mol. The maximum atomic E-state index is 12.1. The van der Waals surface area contributed by atoms with Gasteiger partial charge in [-0.1, -0.05) is 17.2 Å². The SMILES string of the molecule is O=C(CNS(=O)(=O)c1ccc(OC(F)(F)F)cc1)ON1C(=O)c2ccccc2C1=O. The highest BCUT2D eigenvalue weighted by Gasteiger charge is 2.38. The predicted molar refractivity (Wildman–Crippen MR) is 91.3 cm³/mol. The standard InChI is InChI=1S/C17H11F3N2O7S/c18-17(19,20)28-10-5-7-11(8-6-10)30(26,27)21-9-14(23)29-22-15(24)12-3-1-2-4-13(12)16(22)25/h1-8,21H,9H2. The molecule has 1 N–H and O–H groups in total. The largest absolute Gasteiger partial charge is 0.573 e. The van der Waals surface area contributed by atoms with Crippen molar-refractivity contribution in [2.24, 2.45) is 0 Å². The fourth-order valence-corrected chi connectivity index (χ4v) is 3.41. The summed E-state index contributed by atoms with van der Waals surface area (Å²) in [4.78, 5) is 40.3. The first kappa shape index (κ1) is 21.3. The van der Waals surface area contributed by atoms with Gasteiger partial charge in [0.05, 0.1) is 16.0 Å². The Morgan fingerprint density at radius 2 is 1.50 bits per heavy atom. The van der Waals surface area contributed by atoms with Crippen molar-refractivity contribution >= 4 is 27.8 Å². The number of carbonyl (C=O) groups excluding carboxylic acids is 3. The highest BCUT2D eigenvalue weighted by Crippen LogP contribution is 2.24. The van der Waals surface area contributed by atoms with Crippen molar-refractivity contribution in [3.05, 3.63) is 59.7 Å². The molecule has 0 fully saturated rings. The number of amides is 2. The Labute approximate surface area is 167 Å². The van der Waals surface area contributed by atoms with E-state index in [0.717, 1.165) is 24.3 Å². The minimum atomic E-state index is -4.94. The summed E-state index contributed by atoms with van der Waals surface area (Å²) in [5, 5.41) is 0.213. The molecular formula is C17H11F3N2O7S. The summed E-state index contributed by atoms with van der Waals surface area (Å²) in [5.41, 5.74) is 0.0501. The number of nitrogens with zero attached hydrogens (tertiary/aromatic N) is 1. The number of carbonyl (C=O) groups is 3. The van der Waals surface area contributed by atoms with Crippen molar-refractivity contribution in [2.75, 3.05) is 6.54 Å². The Morgan fingerprint density at radius 3 is 2.00 bits per heavy atom. The zero-order valence-electron chi connectivity index (χ0n) is 14.7. The van der Waals surface area contributed by atoms with Crippen LogP contribution in [0.25, 0.3) is 0 Å². The monoisotopic (exact) mass is 444 g/mol. The number of sulfonamides is 1. The maximum absolute atomic E-state index is 12.1. The third-order valence-electron chi connectivity index (χ3n) is 3.72. The van der Waals surface area contributed by atoms with Gasteiger partial charge in [0, 0.05) is 0 Å². The molecule has 9 nitrogen and oxygen atoms in total. The van der Waals surface area contributed by atoms with Crippen molar-refractivity contribution in [3.63, 3.8) is 0 Å². The minimum absolute atomic E-state index is 0.0250. The summed E-state index contributed by atoms with van der Waals surface area (Å²) in [6, 6.07) is 8.95. The molecule has 30 heavy (non-hydrogen) atoms. The molecule has 13 heteroatoms. The molecule has 0 aliphatic carbocycles. The van der Waals surface area contributed by atoms with Crippen LogP contribution in [0.1, 0.15) is 20.7 Å². The zero-order chi connectivity index (χ0) is 22.1. The van der Waals surface area contributed by atoms with Gasteiger partial charge in [0.2, 0.25) is 10.0 Å². The lowest BCUT2D eigenvalue weighted by atomic mass is 10.1. The van der Waals surface area contributed by atoms with Crippen LogP contribution >= 0.6 is 0 Å². The van der Waals surface area contributed by atoms with Crippen molar-refractivity contribution in [3.8, 4) is 5.75 Å². The van der Waals surface area contributed by atoms with Crippen molar-refractivity contribution in [1.29, 1.82) is 0 Å². The van der Waals surface area contributed by atoms with Crippen LogP contribution in [0.5, 0.6) is 5.75 Å². The summed E-state index contributed by atoms with van der Waals surface area (Å²) < 4.78 is 66.2. The van der Waals surface area contributed by atoms with Gasteiger partial charge >= 0.3 is 12.3 Å². The van der Waals surface area contributed by atoms with Crippen LogP contribution in [0.4, 0.5) is 13.2 Å². The van der Waals surface area contributed by atoms with Crippen molar-refractivity contribution in [2.45, 2.75) is 11.3 Å². The van der Waals surface area contributed by atoms with Crippen LogP contribution in [-0.2, 0) is 19.7 Å². The average Bonchev–Trinajstić information content (AvgIpc) is 2.91. The first-order chi connectivity index (χ1) is 14.0. The molecule has 3 rings (SSSR count). The van der Waals surface area contributed by atoms with E-state index in [9.17, 15) is 36.0 Å². The number of nitrogens with one attached hydrogen (secondary N) is 1. The average molecular weight is 444 g/mol. The van der Waals surface area contributed by atoms with E-state index in [1.54, 1.807) is 0 Å². The Balaban J connectivity index is 1.60. The van der Waals surface area contributed by atoms with Crippen molar-refractivity contribution < 1.29 is 45.5 Å². The summed E-state index contributed by atoms with van der Waals surface area (Å²) in [5.74, 6) is -3.66. The van der Waals surface area contributed by atoms with Gasteiger partial charge in [-0.25, -0.2) is 13.2 Å². The number of imide groups is 1. The van der Waals surface area contributed by atoms with E-state index in [4.69, 9.17) is 0 Å². The van der Waals surface area contributed by atoms with Gasteiger partial charge in [-0.2, -0.15) is 4.72 Å². The van der Waals surface area contributed by atoms with Crippen LogP contribution in [0.2, 0.25) is 0 Å². The maximum Gasteiger partial charge on any atom is 0.573 e. The number of ether oxygens (including phenoxy) is 1. The zero-order valence-corrected chi connectivity index (χ0v) is 15.5. The predicted octanol–water partition coefficient (Wildman–Crippen LogP) is 1.62. The van der Waals surface area contributed by atoms with E-state index in [2.05, 4.69) is 9.57 Å². The molecule has 0 spiro atoms. The molecule has 158 valence electrons. The van der Waals surface area contributed by atoms with Gasteiger partial charge in [-0.3, -0.25) is 9.59 Å². The summed E-state index contributed by atoms with van der Waals surface area (Å²) in [6.45, 7) is -0.948. The normalized spacial score (nSPS) is 13.9. The van der Waals surface area contributed by atoms with Gasteiger partial charge in [-0.05, 0) is 36.4 Å². The molecule has 0 saturated carbocycles. The van der Waals surface area contributed by atoms with E-state index < -0.39 is 51.4 Å². The number of fused-ring (bicyclic) bond motifs is 1. The molecule has 1 aliphatic rings. The fraction of sp³-hybridized carbons (Fsp3) is 0.118. The van der Waals surface area contributed by atoms with E-state index in [1.165, 1.54) is 24.3 Å². The molecule has 1 aliphatic heterocycles. The van der Waals surface area contributed by atoms with Gasteiger partial charge in [0.25, 0.3) is 11.8 Å². The number of hydroxylamine groups is 2. The molecule has 2 aromatic carbocycles. The van der Waals surface area contributed by atoms with Gasteiger partial charge < -0.3 is 9.57 Å². The number of hydrogen-bond acceptors (Lipinski definition) is 7. The second kappa shape index (κ2) is 7.76. The number of benzene rings is 2. The van der Waals surface area contributed by atoms with E-state index >= 15 is 0 Å². The van der Waals surface area contributed by atoms with Gasteiger partial charge in [0.15, 0.2) is 0 Å². The molecule has 2 aromatic rings. The summed E-state index contributed by atoms with van der Waals surface area (Å²) in [7, 11) is -4.31. The third-order valence-corrected chi connectivity index (χ3v) is 5.14. The molecule has 0 aromatic heterocycles. The first-order valence-electron chi connectivity index (χ1n) is 8.02. The molecule has 0 unspecified atom stereocenters. The van der Waals surface area contributed by atoms with Crippen LogP contribution in [0.3, 0.4) is 0 Å². The topological polar surface area (TPSA) is 119 Å². The number of halogens is 3. The second-order valence-corrected chi connectivity index (χ2v) is 7.52. The van der Waals surface area contributed by atoms with Gasteiger partial charge in [-0.15, -0.1) is 13.2 Å². The molecule has 0 radical (unpaired) electrons. The minimum Gasteiger partial charge on any atom is -0.406 e. The highest BCUT2D eigenvalue weighted by molar-refractivity contribution is 7.89. The third kappa shape index (κ3) is 4.58. The lowest BCUT2D eigenvalue weighted by molar-refractivity contribution is -0.274. The molecule has 1 heterocycles. The molecule has 0 bridgehead atoms. The Morgan fingerprint density at radius 1 is 0.967 bits per heavy atom. The van der Waals surface area contributed by atoms with E-state index in [1.807, 2.05) is 4.72 Å². The highest BCUT2D eigenvalue weighted by atomic mass is 32.2. The number of rotatable bonds is 6. The van der Waals surface area contributed by atoms with E-state index in [-0.39, 0.29) is 16.2 Å². The van der Waals surface area contributed by atoms with E-state index in [0.29, 0.717) is 0 Å². The summed E-state index contributed by atoms with van der Waals surface area (Å²) in [6.07, 6.45) is -4.94. The first-order valence-corrected chi connectivity index (χ1v) is 9.50. The lowest BCUT2D eigenvalue weighted by Crippen LogP contribution is -2.38. The van der Waals surface area contributed by atoms with Gasteiger partial charge in [0.1, 0.15) is 12.3 Å².